The molecule has 1 atom stereocenters. The van der Waals surface area contributed by atoms with Crippen molar-refractivity contribution in [1.82, 2.24) is 20.4 Å². The maximum Gasteiger partial charge on any atom is 0.401 e. The molecule has 1 unspecified atom stereocenters. The summed E-state index contributed by atoms with van der Waals surface area (Å²) in [6.45, 7) is 10.6. The first kappa shape index (κ1) is 25.7. The summed E-state index contributed by atoms with van der Waals surface area (Å²) in [5.74, 6) is 0.666. The second kappa shape index (κ2) is 12.2. The summed E-state index contributed by atoms with van der Waals surface area (Å²) in [6, 6.07) is 1.03. The molecule has 1 saturated heterocycles. The van der Waals surface area contributed by atoms with E-state index in [4.69, 9.17) is 0 Å². The van der Waals surface area contributed by atoms with Crippen molar-refractivity contribution < 1.29 is 13.2 Å². The van der Waals surface area contributed by atoms with Crippen LogP contribution >= 0.6 is 24.0 Å². The molecule has 0 aliphatic carbocycles. The average Bonchev–Trinajstić information content (AvgIpc) is 2.89. The summed E-state index contributed by atoms with van der Waals surface area (Å²) in [6.07, 6.45) is -2.44. The smallest absolute Gasteiger partial charge is 0.356 e. The molecule has 0 spiro atoms. The molecule has 1 heterocycles. The number of likely N-dealkylation sites (tertiary alicyclic amines) is 1. The minimum atomic E-state index is -4.13. The molecule has 0 saturated carbocycles. The quantitative estimate of drug-likeness (QED) is 0.236. The van der Waals surface area contributed by atoms with Crippen LogP contribution in [0.5, 0.6) is 0 Å². The van der Waals surface area contributed by atoms with E-state index in [9.17, 15) is 13.2 Å². The molecule has 1 rings (SSSR count). The second-order valence-electron chi connectivity index (χ2n) is 7.26. The van der Waals surface area contributed by atoms with Crippen molar-refractivity contribution in [1.29, 1.82) is 0 Å². The number of nitrogens with one attached hydrogen (secondary N) is 2. The molecule has 5 nitrogen and oxygen atoms in total. The Morgan fingerprint density at radius 3 is 2.35 bits per heavy atom. The van der Waals surface area contributed by atoms with Gasteiger partial charge in [0.2, 0.25) is 0 Å². The normalized spacial score (nSPS) is 19.3. The molecule has 0 bridgehead atoms. The summed E-state index contributed by atoms with van der Waals surface area (Å²) in [7, 11) is 1.69. The molecular formula is C17H35F3IN5. The van der Waals surface area contributed by atoms with Crippen molar-refractivity contribution in [3.05, 3.63) is 0 Å². The van der Waals surface area contributed by atoms with Crippen LogP contribution in [0.4, 0.5) is 13.2 Å². The van der Waals surface area contributed by atoms with Crippen molar-refractivity contribution in [3.8, 4) is 0 Å². The maximum absolute atomic E-state index is 12.4. The van der Waals surface area contributed by atoms with Gasteiger partial charge in [-0.25, -0.2) is 0 Å². The fourth-order valence-corrected chi connectivity index (χ4v) is 3.32. The van der Waals surface area contributed by atoms with Gasteiger partial charge in [0.15, 0.2) is 5.96 Å². The van der Waals surface area contributed by atoms with Gasteiger partial charge in [0.05, 0.1) is 6.54 Å². The minimum Gasteiger partial charge on any atom is -0.356 e. The topological polar surface area (TPSA) is 42.9 Å². The number of halogens is 4. The summed E-state index contributed by atoms with van der Waals surface area (Å²) < 4.78 is 37.3. The SMILES string of the molecule is CN=C(NCCCN(C(C)C)C(C)C)NC1CCN(CC(F)(F)F)C1.I. The van der Waals surface area contributed by atoms with Crippen LogP contribution in [0.15, 0.2) is 4.99 Å². The van der Waals surface area contributed by atoms with Crippen molar-refractivity contribution in [2.75, 3.05) is 39.8 Å². The third-order valence-corrected chi connectivity index (χ3v) is 4.45. The zero-order valence-electron chi connectivity index (χ0n) is 16.6. The molecule has 0 aromatic heterocycles. The van der Waals surface area contributed by atoms with E-state index in [1.165, 1.54) is 4.90 Å². The summed E-state index contributed by atoms with van der Waals surface area (Å²) in [4.78, 5) is 8.05. The van der Waals surface area contributed by atoms with Crippen molar-refractivity contribution in [3.63, 3.8) is 0 Å². The first-order valence-electron chi connectivity index (χ1n) is 9.14. The lowest BCUT2D eigenvalue weighted by molar-refractivity contribution is -0.143. The lowest BCUT2D eigenvalue weighted by atomic mass is 10.2. The van der Waals surface area contributed by atoms with Crippen LogP contribution in [0, 0.1) is 0 Å². The number of alkyl halides is 3. The second-order valence-corrected chi connectivity index (χ2v) is 7.26. The van der Waals surface area contributed by atoms with Gasteiger partial charge in [-0.15, -0.1) is 24.0 Å². The number of rotatable bonds is 8. The van der Waals surface area contributed by atoms with E-state index in [1.807, 2.05) is 0 Å². The van der Waals surface area contributed by atoms with Gasteiger partial charge in [-0.05, 0) is 40.5 Å². The van der Waals surface area contributed by atoms with Crippen molar-refractivity contribution in [2.45, 2.75) is 64.8 Å². The van der Waals surface area contributed by atoms with Gasteiger partial charge in [-0.2, -0.15) is 13.2 Å². The number of hydrogen-bond donors (Lipinski definition) is 2. The van der Waals surface area contributed by atoms with Gasteiger partial charge in [-0.3, -0.25) is 14.8 Å². The van der Waals surface area contributed by atoms with E-state index in [-0.39, 0.29) is 30.0 Å². The minimum absolute atomic E-state index is 0. The molecule has 1 aliphatic heterocycles. The highest BCUT2D eigenvalue weighted by molar-refractivity contribution is 14.0. The lowest BCUT2D eigenvalue weighted by Gasteiger charge is -2.30. The fourth-order valence-electron chi connectivity index (χ4n) is 3.32. The largest absolute Gasteiger partial charge is 0.401 e. The van der Waals surface area contributed by atoms with Gasteiger partial charge >= 0.3 is 6.18 Å². The van der Waals surface area contributed by atoms with Gasteiger partial charge in [0, 0.05) is 51.4 Å². The lowest BCUT2D eigenvalue weighted by Crippen LogP contribution is -2.46. The standard InChI is InChI=1S/C17H34F3N5.HI/c1-13(2)25(14(3)4)9-6-8-22-16(21-5)23-15-7-10-24(11-15)12-17(18,19)20;/h13-15H,6-12H2,1-5H3,(H2,21,22,23);1H. The van der Waals surface area contributed by atoms with E-state index >= 15 is 0 Å². The van der Waals surface area contributed by atoms with Crippen LogP contribution in [0.2, 0.25) is 0 Å². The van der Waals surface area contributed by atoms with Crippen LogP contribution in [0.25, 0.3) is 0 Å². The molecule has 2 N–H and O–H groups in total. The molecule has 1 fully saturated rings. The number of nitrogens with zero attached hydrogens (tertiary/aromatic N) is 3. The maximum atomic E-state index is 12.4. The van der Waals surface area contributed by atoms with E-state index in [2.05, 4.69) is 48.2 Å². The molecule has 26 heavy (non-hydrogen) atoms. The summed E-state index contributed by atoms with van der Waals surface area (Å²) >= 11 is 0. The molecular weight excluding hydrogens is 458 g/mol. The molecule has 156 valence electrons. The zero-order valence-corrected chi connectivity index (χ0v) is 18.9. The van der Waals surface area contributed by atoms with E-state index in [0.717, 1.165) is 19.5 Å². The molecule has 0 radical (unpaired) electrons. The van der Waals surface area contributed by atoms with Crippen LogP contribution in [-0.4, -0.2) is 79.8 Å². The van der Waals surface area contributed by atoms with E-state index in [1.54, 1.807) is 7.05 Å². The Kier molecular flexibility index (Phi) is 12.1. The Morgan fingerprint density at radius 1 is 1.23 bits per heavy atom. The van der Waals surface area contributed by atoms with Crippen molar-refractivity contribution >= 4 is 29.9 Å². The van der Waals surface area contributed by atoms with E-state index < -0.39 is 12.7 Å². The highest BCUT2D eigenvalue weighted by Gasteiger charge is 2.34. The highest BCUT2D eigenvalue weighted by Crippen LogP contribution is 2.19. The van der Waals surface area contributed by atoms with Gasteiger partial charge < -0.3 is 10.6 Å². The predicted molar refractivity (Wildman–Crippen MR) is 112 cm³/mol. The molecule has 0 aromatic rings. The zero-order chi connectivity index (χ0) is 19.0. The Morgan fingerprint density at radius 2 is 1.85 bits per heavy atom. The van der Waals surface area contributed by atoms with Crippen molar-refractivity contribution in [2.24, 2.45) is 4.99 Å². The Balaban J connectivity index is 0.00000625. The number of aliphatic imine (C=N–C) groups is 1. The van der Waals surface area contributed by atoms with Crippen LogP contribution in [0.3, 0.4) is 0 Å². The van der Waals surface area contributed by atoms with Gasteiger partial charge in [-0.1, -0.05) is 0 Å². The molecule has 1 aliphatic rings. The number of hydrogen-bond acceptors (Lipinski definition) is 3. The van der Waals surface area contributed by atoms with Crippen LogP contribution in [0.1, 0.15) is 40.5 Å². The highest BCUT2D eigenvalue weighted by atomic mass is 127. The van der Waals surface area contributed by atoms with Gasteiger partial charge in [0.1, 0.15) is 0 Å². The van der Waals surface area contributed by atoms with Crippen LogP contribution in [-0.2, 0) is 0 Å². The third-order valence-electron chi connectivity index (χ3n) is 4.45. The molecule has 0 aromatic carbocycles. The third kappa shape index (κ3) is 10.1. The van der Waals surface area contributed by atoms with Crippen LogP contribution < -0.4 is 10.6 Å². The molecule has 0 amide bonds. The Hall–Kier alpha value is -0.290. The number of guanidine groups is 1. The monoisotopic (exact) mass is 493 g/mol. The fraction of sp³-hybridized carbons (Fsp3) is 0.941. The predicted octanol–water partition coefficient (Wildman–Crippen LogP) is 2.91. The Bertz CT molecular complexity index is 408. The molecule has 9 heteroatoms. The summed E-state index contributed by atoms with van der Waals surface area (Å²) in [5, 5.41) is 6.50. The summed E-state index contributed by atoms with van der Waals surface area (Å²) in [5.41, 5.74) is 0. The van der Waals surface area contributed by atoms with Gasteiger partial charge in [0.25, 0.3) is 0 Å². The Labute approximate surface area is 173 Å². The average molecular weight is 493 g/mol. The van der Waals surface area contributed by atoms with E-state index in [0.29, 0.717) is 37.6 Å². The first-order chi connectivity index (χ1) is 11.6. The first-order valence-corrected chi connectivity index (χ1v) is 9.14.